The maximum atomic E-state index is 12.2. The molecular formula is C14H16F3N3. The van der Waals surface area contributed by atoms with Gasteiger partial charge in [-0.3, -0.25) is 0 Å². The van der Waals surface area contributed by atoms with Crippen LogP contribution in [-0.4, -0.2) is 22.0 Å². The Hall–Kier alpha value is -1.82. The maximum Gasteiger partial charge on any atom is 0.390 e. The minimum absolute atomic E-state index is 0.317. The van der Waals surface area contributed by atoms with Gasteiger partial charge < -0.3 is 5.32 Å². The van der Waals surface area contributed by atoms with Gasteiger partial charge in [0.05, 0.1) is 17.8 Å². The zero-order chi connectivity index (χ0) is 14.6. The van der Waals surface area contributed by atoms with Crippen LogP contribution in [0.5, 0.6) is 0 Å². The molecule has 2 rings (SSSR count). The van der Waals surface area contributed by atoms with Crippen LogP contribution < -0.4 is 5.32 Å². The highest BCUT2D eigenvalue weighted by Gasteiger charge is 2.29. The molecule has 0 spiro atoms. The molecule has 0 aliphatic heterocycles. The molecule has 6 heteroatoms. The third-order valence-corrected chi connectivity index (χ3v) is 2.83. The van der Waals surface area contributed by atoms with Crippen molar-refractivity contribution in [3.05, 3.63) is 48.3 Å². The summed E-state index contributed by atoms with van der Waals surface area (Å²) in [6.07, 6.45) is -3.19. The third kappa shape index (κ3) is 4.38. The standard InChI is InChI=1S/C14H16F3N3/c1-11(9-14(15,16)17)18-10-12-7-8-20(19-12)13-5-3-2-4-6-13/h2-8,11,18H,9-10H2,1H3. The summed E-state index contributed by atoms with van der Waals surface area (Å²) in [5.41, 5.74) is 1.63. The predicted molar refractivity (Wildman–Crippen MR) is 70.5 cm³/mol. The minimum atomic E-state index is -4.14. The van der Waals surface area contributed by atoms with E-state index in [4.69, 9.17) is 0 Å². The van der Waals surface area contributed by atoms with E-state index in [-0.39, 0.29) is 0 Å². The van der Waals surface area contributed by atoms with Crippen LogP contribution in [0.15, 0.2) is 42.6 Å². The van der Waals surface area contributed by atoms with Crippen molar-refractivity contribution in [1.82, 2.24) is 15.1 Å². The number of hydrogen-bond donors (Lipinski definition) is 1. The highest BCUT2D eigenvalue weighted by atomic mass is 19.4. The summed E-state index contributed by atoms with van der Waals surface area (Å²) in [6, 6.07) is 10.7. The van der Waals surface area contributed by atoms with E-state index in [0.717, 1.165) is 5.69 Å². The molecule has 0 aliphatic rings. The molecule has 0 bridgehead atoms. The fourth-order valence-electron chi connectivity index (χ4n) is 1.88. The molecule has 0 aliphatic carbocycles. The Bertz CT molecular complexity index is 534. The Morgan fingerprint density at radius 1 is 1.20 bits per heavy atom. The van der Waals surface area contributed by atoms with E-state index in [1.54, 1.807) is 16.9 Å². The molecule has 20 heavy (non-hydrogen) atoms. The molecule has 0 saturated heterocycles. The van der Waals surface area contributed by atoms with E-state index in [2.05, 4.69) is 10.4 Å². The van der Waals surface area contributed by atoms with Crippen molar-refractivity contribution in [3.8, 4) is 5.69 Å². The highest BCUT2D eigenvalue weighted by molar-refractivity contribution is 5.30. The second-order valence-corrected chi connectivity index (χ2v) is 4.69. The second kappa shape index (κ2) is 6.09. The average Bonchev–Trinajstić information content (AvgIpc) is 2.84. The van der Waals surface area contributed by atoms with Crippen LogP contribution >= 0.6 is 0 Å². The molecular weight excluding hydrogens is 267 g/mol. The van der Waals surface area contributed by atoms with Crippen molar-refractivity contribution in [2.75, 3.05) is 0 Å². The van der Waals surface area contributed by atoms with Crippen LogP contribution in [0.4, 0.5) is 13.2 Å². The largest absolute Gasteiger partial charge is 0.390 e. The van der Waals surface area contributed by atoms with Gasteiger partial charge in [-0.25, -0.2) is 4.68 Å². The summed E-state index contributed by atoms with van der Waals surface area (Å²) in [5.74, 6) is 0. The molecule has 0 amide bonds. The second-order valence-electron chi connectivity index (χ2n) is 4.69. The molecule has 1 aromatic carbocycles. The van der Waals surface area contributed by atoms with Crippen LogP contribution in [0.2, 0.25) is 0 Å². The van der Waals surface area contributed by atoms with Crippen LogP contribution in [0.3, 0.4) is 0 Å². The monoisotopic (exact) mass is 283 g/mol. The normalized spacial score (nSPS) is 13.4. The fourth-order valence-corrected chi connectivity index (χ4v) is 1.88. The Kier molecular flexibility index (Phi) is 4.44. The lowest BCUT2D eigenvalue weighted by atomic mass is 10.2. The van der Waals surface area contributed by atoms with Crippen molar-refractivity contribution in [3.63, 3.8) is 0 Å². The molecule has 108 valence electrons. The van der Waals surface area contributed by atoms with Gasteiger partial charge in [-0.2, -0.15) is 18.3 Å². The summed E-state index contributed by atoms with van der Waals surface area (Å²) < 4.78 is 38.3. The average molecular weight is 283 g/mol. The van der Waals surface area contributed by atoms with E-state index < -0.39 is 18.6 Å². The number of para-hydroxylation sites is 1. The first-order valence-electron chi connectivity index (χ1n) is 6.34. The van der Waals surface area contributed by atoms with Crippen molar-refractivity contribution in [1.29, 1.82) is 0 Å². The molecule has 1 aromatic heterocycles. The van der Waals surface area contributed by atoms with Gasteiger partial charge in [-0.05, 0) is 25.1 Å². The molecule has 1 heterocycles. The van der Waals surface area contributed by atoms with E-state index in [1.807, 2.05) is 30.3 Å². The van der Waals surface area contributed by atoms with E-state index in [0.29, 0.717) is 12.2 Å². The van der Waals surface area contributed by atoms with Gasteiger partial charge in [0, 0.05) is 18.8 Å². The lowest BCUT2D eigenvalue weighted by Gasteiger charge is -2.14. The predicted octanol–water partition coefficient (Wildman–Crippen LogP) is 3.30. The Balaban J connectivity index is 1.91. The van der Waals surface area contributed by atoms with Crippen molar-refractivity contribution in [2.24, 2.45) is 0 Å². The van der Waals surface area contributed by atoms with Gasteiger partial charge >= 0.3 is 6.18 Å². The van der Waals surface area contributed by atoms with Crippen LogP contribution in [0.25, 0.3) is 5.69 Å². The quantitative estimate of drug-likeness (QED) is 0.912. The number of benzene rings is 1. The highest BCUT2D eigenvalue weighted by Crippen LogP contribution is 2.21. The van der Waals surface area contributed by atoms with E-state index >= 15 is 0 Å². The van der Waals surface area contributed by atoms with E-state index in [9.17, 15) is 13.2 Å². The molecule has 0 fully saturated rings. The first-order valence-corrected chi connectivity index (χ1v) is 6.34. The van der Waals surface area contributed by atoms with Gasteiger partial charge in [0.15, 0.2) is 0 Å². The SMILES string of the molecule is CC(CC(F)(F)F)NCc1ccn(-c2ccccc2)n1. The number of alkyl halides is 3. The van der Waals surface area contributed by atoms with Crippen molar-refractivity contribution < 1.29 is 13.2 Å². The number of nitrogens with one attached hydrogen (secondary N) is 1. The smallest absolute Gasteiger partial charge is 0.308 e. The van der Waals surface area contributed by atoms with Crippen LogP contribution in [0.1, 0.15) is 19.0 Å². The summed E-state index contributed by atoms with van der Waals surface area (Å²) >= 11 is 0. The van der Waals surface area contributed by atoms with Crippen molar-refractivity contribution in [2.45, 2.75) is 32.1 Å². The lowest BCUT2D eigenvalue weighted by Crippen LogP contribution is -2.30. The zero-order valence-electron chi connectivity index (χ0n) is 11.1. The van der Waals surface area contributed by atoms with Gasteiger partial charge in [-0.15, -0.1) is 0 Å². The van der Waals surface area contributed by atoms with Crippen LogP contribution in [0, 0.1) is 0 Å². The summed E-state index contributed by atoms with van der Waals surface area (Å²) in [5, 5.41) is 7.15. The fraction of sp³-hybridized carbons (Fsp3) is 0.357. The first kappa shape index (κ1) is 14.6. The number of halogens is 3. The molecule has 0 radical (unpaired) electrons. The van der Waals surface area contributed by atoms with Gasteiger partial charge in [0.2, 0.25) is 0 Å². The summed E-state index contributed by atoms with van der Waals surface area (Å²) in [4.78, 5) is 0. The van der Waals surface area contributed by atoms with Gasteiger partial charge in [0.1, 0.15) is 0 Å². The minimum Gasteiger partial charge on any atom is -0.308 e. The molecule has 3 nitrogen and oxygen atoms in total. The third-order valence-electron chi connectivity index (χ3n) is 2.83. The topological polar surface area (TPSA) is 29.9 Å². The number of aromatic nitrogens is 2. The Morgan fingerprint density at radius 3 is 2.55 bits per heavy atom. The molecule has 1 unspecified atom stereocenters. The zero-order valence-corrected chi connectivity index (χ0v) is 11.1. The molecule has 1 atom stereocenters. The number of rotatable bonds is 5. The first-order chi connectivity index (χ1) is 9.44. The molecule has 2 aromatic rings. The molecule has 0 saturated carbocycles. The van der Waals surface area contributed by atoms with Gasteiger partial charge in [0.25, 0.3) is 0 Å². The summed E-state index contributed by atoms with van der Waals surface area (Å²) in [6.45, 7) is 1.83. The molecule has 1 N–H and O–H groups in total. The lowest BCUT2D eigenvalue weighted by molar-refractivity contribution is -0.139. The van der Waals surface area contributed by atoms with Crippen molar-refractivity contribution >= 4 is 0 Å². The number of nitrogens with zero attached hydrogens (tertiary/aromatic N) is 2. The maximum absolute atomic E-state index is 12.2. The number of hydrogen-bond acceptors (Lipinski definition) is 2. The Morgan fingerprint density at radius 2 is 1.90 bits per heavy atom. The van der Waals surface area contributed by atoms with Gasteiger partial charge in [-0.1, -0.05) is 18.2 Å². The Labute approximate surface area is 115 Å². The van der Waals surface area contributed by atoms with Crippen LogP contribution in [-0.2, 0) is 6.54 Å². The summed E-state index contributed by atoms with van der Waals surface area (Å²) in [7, 11) is 0. The van der Waals surface area contributed by atoms with E-state index in [1.165, 1.54) is 6.92 Å².